The van der Waals surface area contributed by atoms with Gasteiger partial charge < -0.3 is 10.2 Å². The Morgan fingerprint density at radius 3 is 2.32 bits per heavy atom. The molecule has 1 N–H and O–H groups in total. The van der Waals surface area contributed by atoms with Crippen LogP contribution in [-0.2, 0) is 11.2 Å². The molecule has 7 nitrogen and oxygen atoms in total. The molecule has 0 bridgehead atoms. The number of carbonyl (C=O) groups is 1. The summed E-state index contributed by atoms with van der Waals surface area (Å²) in [5, 5.41) is 13.7. The van der Waals surface area contributed by atoms with Crippen molar-refractivity contribution in [1.29, 1.82) is 0 Å². The van der Waals surface area contributed by atoms with Gasteiger partial charge in [0.15, 0.2) is 0 Å². The Morgan fingerprint density at radius 2 is 1.68 bits per heavy atom. The fraction of sp³-hybridized carbons (Fsp3) is 0.381. The molecule has 1 aliphatic heterocycles. The highest BCUT2D eigenvalue weighted by molar-refractivity contribution is 5.78. The third-order valence-electron chi connectivity index (χ3n) is 4.97. The number of nitro benzene ring substituents is 1. The van der Waals surface area contributed by atoms with Gasteiger partial charge in [-0.3, -0.25) is 19.8 Å². The lowest BCUT2D eigenvalue weighted by molar-refractivity contribution is -0.384. The molecular formula is C21H26N4O3. The van der Waals surface area contributed by atoms with Crippen LogP contribution in [0.15, 0.2) is 54.6 Å². The molecule has 0 aliphatic carbocycles. The van der Waals surface area contributed by atoms with Crippen LogP contribution in [0, 0.1) is 10.1 Å². The van der Waals surface area contributed by atoms with Crippen LogP contribution >= 0.6 is 0 Å². The minimum Gasteiger partial charge on any atom is -0.369 e. The predicted molar refractivity (Wildman–Crippen MR) is 110 cm³/mol. The van der Waals surface area contributed by atoms with Crippen molar-refractivity contribution in [2.75, 3.05) is 44.2 Å². The van der Waals surface area contributed by atoms with Gasteiger partial charge in [0.2, 0.25) is 5.91 Å². The van der Waals surface area contributed by atoms with Crippen molar-refractivity contribution in [2.24, 2.45) is 0 Å². The van der Waals surface area contributed by atoms with Crippen LogP contribution in [0.1, 0.15) is 12.0 Å². The van der Waals surface area contributed by atoms with Gasteiger partial charge >= 0.3 is 0 Å². The molecule has 2 aromatic rings. The highest BCUT2D eigenvalue weighted by Gasteiger charge is 2.19. The molecular weight excluding hydrogens is 356 g/mol. The van der Waals surface area contributed by atoms with E-state index in [1.165, 1.54) is 17.7 Å². The molecule has 1 saturated heterocycles. The van der Waals surface area contributed by atoms with E-state index in [2.05, 4.69) is 27.2 Å². The molecule has 0 saturated carbocycles. The van der Waals surface area contributed by atoms with E-state index in [1.54, 1.807) is 12.1 Å². The number of rotatable bonds is 8. The van der Waals surface area contributed by atoms with Gasteiger partial charge in [-0.15, -0.1) is 0 Å². The van der Waals surface area contributed by atoms with E-state index in [-0.39, 0.29) is 16.5 Å². The Balaban J connectivity index is 1.34. The van der Waals surface area contributed by atoms with Gasteiger partial charge in [0, 0.05) is 50.5 Å². The van der Waals surface area contributed by atoms with Crippen molar-refractivity contribution < 1.29 is 9.72 Å². The van der Waals surface area contributed by atoms with Gasteiger partial charge in [0.05, 0.1) is 11.5 Å². The van der Waals surface area contributed by atoms with Gasteiger partial charge in [-0.1, -0.05) is 30.3 Å². The summed E-state index contributed by atoms with van der Waals surface area (Å²) in [6, 6.07) is 16.9. The molecule has 0 spiro atoms. The number of nitro groups is 1. The molecule has 1 heterocycles. The van der Waals surface area contributed by atoms with Crippen LogP contribution < -0.4 is 10.2 Å². The molecule has 28 heavy (non-hydrogen) atoms. The summed E-state index contributed by atoms with van der Waals surface area (Å²) in [6.45, 7) is 4.32. The summed E-state index contributed by atoms with van der Waals surface area (Å²) in [5.74, 6) is 0.0665. The van der Waals surface area contributed by atoms with Crippen LogP contribution in [0.2, 0.25) is 0 Å². The number of piperazine rings is 1. The number of hydrogen-bond donors (Lipinski definition) is 1. The second kappa shape index (κ2) is 9.85. The Kier molecular flexibility index (Phi) is 6.97. The lowest BCUT2D eigenvalue weighted by Crippen LogP contribution is -2.49. The fourth-order valence-electron chi connectivity index (χ4n) is 3.37. The number of anilines is 1. The highest BCUT2D eigenvalue weighted by atomic mass is 16.6. The SMILES string of the molecule is O=C(CN1CCN(c2ccc([N+](=O)[O-])cc2)CC1)NCCCc1ccccc1. The van der Waals surface area contributed by atoms with Crippen LogP contribution in [0.3, 0.4) is 0 Å². The molecule has 0 aromatic heterocycles. The van der Waals surface area contributed by atoms with E-state index in [1.807, 2.05) is 18.2 Å². The van der Waals surface area contributed by atoms with Gasteiger partial charge in [0.25, 0.3) is 5.69 Å². The summed E-state index contributed by atoms with van der Waals surface area (Å²) in [4.78, 5) is 26.8. The van der Waals surface area contributed by atoms with Crippen molar-refractivity contribution in [3.8, 4) is 0 Å². The Hall–Kier alpha value is -2.93. The van der Waals surface area contributed by atoms with E-state index in [9.17, 15) is 14.9 Å². The maximum absolute atomic E-state index is 12.1. The zero-order valence-electron chi connectivity index (χ0n) is 15.9. The number of benzene rings is 2. The van der Waals surface area contributed by atoms with Gasteiger partial charge in [-0.2, -0.15) is 0 Å². The van der Waals surface area contributed by atoms with Gasteiger partial charge in [-0.25, -0.2) is 0 Å². The minimum absolute atomic E-state index is 0.0665. The normalized spacial score (nSPS) is 14.6. The maximum atomic E-state index is 12.1. The first kappa shape index (κ1) is 19.8. The molecule has 2 aromatic carbocycles. The lowest BCUT2D eigenvalue weighted by Gasteiger charge is -2.35. The monoisotopic (exact) mass is 382 g/mol. The van der Waals surface area contributed by atoms with E-state index < -0.39 is 0 Å². The van der Waals surface area contributed by atoms with Crippen molar-refractivity contribution in [3.63, 3.8) is 0 Å². The second-order valence-corrected chi connectivity index (χ2v) is 6.98. The van der Waals surface area contributed by atoms with Crippen LogP contribution in [0.5, 0.6) is 0 Å². The van der Waals surface area contributed by atoms with E-state index in [0.717, 1.165) is 44.7 Å². The van der Waals surface area contributed by atoms with Crippen LogP contribution in [0.4, 0.5) is 11.4 Å². The Bertz CT molecular complexity index is 772. The molecule has 0 unspecified atom stereocenters. The van der Waals surface area contributed by atoms with Crippen LogP contribution in [-0.4, -0.2) is 55.0 Å². The molecule has 1 amide bonds. The zero-order valence-corrected chi connectivity index (χ0v) is 15.9. The van der Waals surface area contributed by atoms with Crippen molar-refractivity contribution in [1.82, 2.24) is 10.2 Å². The fourth-order valence-corrected chi connectivity index (χ4v) is 3.37. The molecule has 3 rings (SSSR count). The summed E-state index contributed by atoms with van der Waals surface area (Å²) < 4.78 is 0. The summed E-state index contributed by atoms with van der Waals surface area (Å²) >= 11 is 0. The van der Waals surface area contributed by atoms with Gasteiger partial charge in [0.1, 0.15) is 0 Å². The Morgan fingerprint density at radius 1 is 1.00 bits per heavy atom. The topological polar surface area (TPSA) is 78.7 Å². The average Bonchev–Trinajstić information content (AvgIpc) is 2.73. The third-order valence-corrected chi connectivity index (χ3v) is 4.97. The summed E-state index contributed by atoms with van der Waals surface area (Å²) in [7, 11) is 0. The molecule has 0 radical (unpaired) electrons. The first-order valence-corrected chi connectivity index (χ1v) is 9.64. The largest absolute Gasteiger partial charge is 0.369 e. The first-order valence-electron chi connectivity index (χ1n) is 9.64. The smallest absolute Gasteiger partial charge is 0.269 e. The number of non-ortho nitro benzene ring substituents is 1. The molecule has 7 heteroatoms. The Labute approximate surface area is 165 Å². The summed E-state index contributed by atoms with van der Waals surface area (Å²) in [6.07, 6.45) is 1.90. The maximum Gasteiger partial charge on any atom is 0.269 e. The number of aryl methyl sites for hydroxylation is 1. The van der Waals surface area contributed by atoms with E-state index >= 15 is 0 Å². The predicted octanol–water partition coefficient (Wildman–Crippen LogP) is 2.47. The summed E-state index contributed by atoms with van der Waals surface area (Å²) in [5.41, 5.74) is 2.38. The van der Waals surface area contributed by atoms with Crippen molar-refractivity contribution in [3.05, 3.63) is 70.3 Å². The first-order chi connectivity index (χ1) is 13.6. The van der Waals surface area contributed by atoms with Crippen molar-refractivity contribution >= 4 is 17.3 Å². The third kappa shape index (κ3) is 5.79. The van der Waals surface area contributed by atoms with Gasteiger partial charge in [-0.05, 0) is 30.5 Å². The molecule has 1 aliphatic rings. The molecule has 1 fully saturated rings. The standard InChI is InChI=1S/C21H26N4O3/c26-21(22-12-4-7-18-5-2-1-3-6-18)17-23-13-15-24(16-14-23)19-8-10-20(11-9-19)25(27)28/h1-3,5-6,8-11H,4,7,12-17H2,(H,22,26). The number of carbonyl (C=O) groups excluding carboxylic acids is 1. The van der Waals surface area contributed by atoms with E-state index in [0.29, 0.717) is 13.1 Å². The molecule has 0 atom stereocenters. The molecule has 148 valence electrons. The second-order valence-electron chi connectivity index (χ2n) is 6.98. The number of hydrogen-bond acceptors (Lipinski definition) is 5. The average molecular weight is 382 g/mol. The van der Waals surface area contributed by atoms with Crippen molar-refractivity contribution in [2.45, 2.75) is 12.8 Å². The number of nitrogens with zero attached hydrogens (tertiary/aromatic N) is 3. The van der Waals surface area contributed by atoms with E-state index in [4.69, 9.17) is 0 Å². The highest BCUT2D eigenvalue weighted by Crippen LogP contribution is 2.20. The minimum atomic E-state index is -0.389. The zero-order chi connectivity index (χ0) is 19.8. The van der Waals surface area contributed by atoms with Crippen LogP contribution in [0.25, 0.3) is 0 Å². The number of amides is 1. The quantitative estimate of drug-likeness (QED) is 0.431. The lowest BCUT2D eigenvalue weighted by atomic mass is 10.1. The number of nitrogens with one attached hydrogen (secondary N) is 1.